The highest BCUT2D eigenvalue weighted by atomic mass is 15.2. The number of piperazine rings is 1. The lowest BCUT2D eigenvalue weighted by Gasteiger charge is -2.34. The number of rotatable bonds is 6. The van der Waals surface area contributed by atoms with Crippen LogP contribution in [-0.4, -0.2) is 85.7 Å². The fourth-order valence-electron chi connectivity index (χ4n) is 5.11. The second-order valence-corrected chi connectivity index (χ2v) is 9.00. The van der Waals surface area contributed by atoms with Crippen LogP contribution in [0.15, 0.2) is 30.6 Å². The van der Waals surface area contributed by atoms with Gasteiger partial charge in [0.1, 0.15) is 12.1 Å². The standard InChI is InChI=1S/C24H34N6/c1-27-15-17-29(18-16-27)21-7-5-20(6-8-21)23-22-9-14-30(24(22)26-19-25-23)13-4-12-28-10-2-3-11-28/h5-8,19H,2-4,9-18H2,1H3. The summed E-state index contributed by atoms with van der Waals surface area (Å²) in [5, 5.41) is 0. The summed E-state index contributed by atoms with van der Waals surface area (Å²) in [5.41, 5.74) is 4.98. The summed E-state index contributed by atoms with van der Waals surface area (Å²) in [6, 6.07) is 9.01. The van der Waals surface area contributed by atoms with Gasteiger partial charge >= 0.3 is 0 Å². The van der Waals surface area contributed by atoms with E-state index in [1.165, 1.54) is 55.7 Å². The van der Waals surface area contributed by atoms with Crippen molar-refractivity contribution in [1.29, 1.82) is 0 Å². The molecule has 3 aliphatic rings. The number of nitrogens with zero attached hydrogens (tertiary/aromatic N) is 6. The highest BCUT2D eigenvalue weighted by Crippen LogP contribution is 2.33. The first-order valence-electron chi connectivity index (χ1n) is 11.6. The molecule has 2 saturated heterocycles. The van der Waals surface area contributed by atoms with Crippen molar-refractivity contribution in [2.75, 3.05) is 75.8 Å². The molecule has 6 heteroatoms. The Morgan fingerprint density at radius 3 is 2.37 bits per heavy atom. The summed E-state index contributed by atoms with van der Waals surface area (Å²) in [6.07, 6.45) is 6.77. The molecule has 1 aromatic carbocycles. The topological polar surface area (TPSA) is 38.7 Å². The summed E-state index contributed by atoms with van der Waals surface area (Å²) in [5.74, 6) is 1.16. The highest BCUT2D eigenvalue weighted by molar-refractivity contribution is 5.72. The first-order valence-corrected chi connectivity index (χ1v) is 11.6. The Kier molecular flexibility index (Phi) is 5.86. The number of likely N-dealkylation sites (N-methyl/N-ethyl adjacent to an activating group) is 1. The van der Waals surface area contributed by atoms with Crippen LogP contribution in [0.4, 0.5) is 11.5 Å². The van der Waals surface area contributed by atoms with E-state index >= 15 is 0 Å². The van der Waals surface area contributed by atoms with Gasteiger partial charge in [-0.25, -0.2) is 9.97 Å². The van der Waals surface area contributed by atoms with E-state index < -0.39 is 0 Å². The molecule has 0 N–H and O–H groups in total. The Hall–Kier alpha value is -2.18. The van der Waals surface area contributed by atoms with Crippen molar-refractivity contribution in [3.8, 4) is 11.3 Å². The molecule has 1 aromatic heterocycles. The third-order valence-corrected chi connectivity index (χ3v) is 6.96. The molecule has 30 heavy (non-hydrogen) atoms. The number of aromatic nitrogens is 2. The van der Waals surface area contributed by atoms with Gasteiger partial charge in [0, 0.05) is 56.1 Å². The largest absolute Gasteiger partial charge is 0.369 e. The maximum absolute atomic E-state index is 4.68. The van der Waals surface area contributed by atoms with E-state index in [9.17, 15) is 0 Å². The quantitative estimate of drug-likeness (QED) is 0.735. The smallest absolute Gasteiger partial charge is 0.135 e. The minimum atomic E-state index is 1.05. The van der Waals surface area contributed by atoms with Crippen LogP contribution >= 0.6 is 0 Å². The lowest BCUT2D eigenvalue weighted by molar-refractivity contribution is 0.313. The molecule has 0 saturated carbocycles. The molecule has 0 bridgehead atoms. The second-order valence-electron chi connectivity index (χ2n) is 9.00. The van der Waals surface area contributed by atoms with Gasteiger partial charge in [0.25, 0.3) is 0 Å². The zero-order chi connectivity index (χ0) is 20.3. The van der Waals surface area contributed by atoms with Crippen LogP contribution in [0.2, 0.25) is 0 Å². The lowest BCUT2D eigenvalue weighted by Crippen LogP contribution is -2.44. The third-order valence-electron chi connectivity index (χ3n) is 6.96. The maximum atomic E-state index is 4.68. The second kappa shape index (κ2) is 8.90. The molecule has 0 amide bonds. The number of likely N-dealkylation sites (tertiary alicyclic amines) is 1. The third kappa shape index (κ3) is 4.16. The van der Waals surface area contributed by atoms with Gasteiger partial charge in [-0.1, -0.05) is 12.1 Å². The minimum Gasteiger partial charge on any atom is -0.369 e. The first-order chi connectivity index (χ1) is 14.8. The van der Waals surface area contributed by atoms with E-state index in [2.05, 4.69) is 60.9 Å². The fraction of sp³-hybridized carbons (Fsp3) is 0.583. The van der Waals surface area contributed by atoms with Crippen LogP contribution in [0.3, 0.4) is 0 Å². The van der Waals surface area contributed by atoms with Crippen LogP contribution in [-0.2, 0) is 6.42 Å². The monoisotopic (exact) mass is 406 g/mol. The Balaban J connectivity index is 1.26. The molecular weight excluding hydrogens is 372 g/mol. The molecule has 3 aliphatic heterocycles. The number of benzene rings is 1. The van der Waals surface area contributed by atoms with Gasteiger partial charge in [-0.15, -0.1) is 0 Å². The molecule has 0 spiro atoms. The number of anilines is 2. The van der Waals surface area contributed by atoms with Gasteiger partial charge in [0.2, 0.25) is 0 Å². The predicted molar refractivity (Wildman–Crippen MR) is 123 cm³/mol. The van der Waals surface area contributed by atoms with Gasteiger partial charge in [-0.3, -0.25) is 0 Å². The number of fused-ring (bicyclic) bond motifs is 1. The first kappa shape index (κ1) is 19.8. The molecule has 0 aliphatic carbocycles. The van der Waals surface area contributed by atoms with Crippen molar-refractivity contribution in [3.05, 3.63) is 36.2 Å². The maximum Gasteiger partial charge on any atom is 0.135 e. The molecule has 0 atom stereocenters. The Morgan fingerprint density at radius 1 is 0.833 bits per heavy atom. The Labute approximate surface area is 180 Å². The zero-order valence-corrected chi connectivity index (χ0v) is 18.3. The van der Waals surface area contributed by atoms with Gasteiger partial charge in [0.15, 0.2) is 0 Å². The van der Waals surface area contributed by atoms with Crippen molar-refractivity contribution >= 4 is 11.5 Å². The number of hydrogen-bond donors (Lipinski definition) is 0. The summed E-state index contributed by atoms with van der Waals surface area (Å²) in [4.78, 5) is 19.3. The van der Waals surface area contributed by atoms with E-state index in [-0.39, 0.29) is 0 Å². The molecular formula is C24H34N6. The SMILES string of the molecule is CN1CCN(c2ccc(-c3ncnc4c3CCN4CCCN3CCCC3)cc2)CC1. The van der Waals surface area contributed by atoms with Crippen LogP contribution in [0.5, 0.6) is 0 Å². The summed E-state index contributed by atoms with van der Waals surface area (Å²) in [6.45, 7) is 10.4. The lowest BCUT2D eigenvalue weighted by atomic mass is 10.0. The van der Waals surface area contributed by atoms with Gasteiger partial charge in [-0.05, 0) is 64.5 Å². The fourth-order valence-corrected chi connectivity index (χ4v) is 5.11. The van der Waals surface area contributed by atoms with Crippen molar-refractivity contribution in [2.24, 2.45) is 0 Å². The van der Waals surface area contributed by atoms with Gasteiger partial charge in [0.05, 0.1) is 5.69 Å². The van der Waals surface area contributed by atoms with Crippen LogP contribution < -0.4 is 9.80 Å². The molecule has 0 unspecified atom stereocenters. The normalized spacial score (nSPS) is 20.2. The molecule has 2 fully saturated rings. The van der Waals surface area contributed by atoms with Crippen molar-refractivity contribution in [2.45, 2.75) is 25.7 Å². The van der Waals surface area contributed by atoms with E-state index in [0.29, 0.717) is 0 Å². The molecule has 5 rings (SSSR count). The van der Waals surface area contributed by atoms with E-state index in [1.807, 2.05) is 0 Å². The molecule has 2 aromatic rings. The van der Waals surface area contributed by atoms with E-state index in [0.717, 1.165) is 57.2 Å². The molecule has 6 nitrogen and oxygen atoms in total. The average molecular weight is 407 g/mol. The van der Waals surface area contributed by atoms with Crippen LogP contribution in [0, 0.1) is 0 Å². The van der Waals surface area contributed by atoms with Crippen molar-refractivity contribution < 1.29 is 0 Å². The van der Waals surface area contributed by atoms with Crippen molar-refractivity contribution in [3.63, 3.8) is 0 Å². The van der Waals surface area contributed by atoms with E-state index in [1.54, 1.807) is 6.33 Å². The molecule has 160 valence electrons. The van der Waals surface area contributed by atoms with Crippen LogP contribution in [0.25, 0.3) is 11.3 Å². The molecule has 4 heterocycles. The predicted octanol–water partition coefficient (Wildman–Crippen LogP) is 2.74. The van der Waals surface area contributed by atoms with Crippen LogP contribution in [0.1, 0.15) is 24.8 Å². The van der Waals surface area contributed by atoms with Gasteiger partial charge < -0.3 is 19.6 Å². The number of hydrogen-bond acceptors (Lipinski definition) is 6. The van der Waals surface area contributed by atoms with Crippen molar-refractivity contribution in [1.82, 2.24) is 19.8 Å². The Bertz CT molecular complexity index is 837. The molecule has 0 radical (unpaired) electrons. The summed E-state index contributed by atoms with van der Waals surface area (Å²) in [7, 11) is 2.20. The zero-order valence-electron chi connectivity index (χ0n) is 18.3. The minimum absolute atomic E-state index is 1.05. The van der Waals surface area contributed by atoms with Gasteiger partial charge in [-0.2, -0.15) is 0 Å². The summed E-state index contributed by atoms with van der Waals surface area (Å²) >= 11 is 0. The highest BCUT2D eigenvalue weighted by Gasteiger charge is 2.25. The summed E-state index contributed by atoms with van der Waals surface area (Å²) < 4.78 is 0. The Morgan fingerprint density at radius 2 is 1.60 bits per heavy atom. The average Bonchev–Trinajstić information content (AvgIpc) is 3.45. The van der Waals surface area contributed by atoms with E-state index in [4.69, 9.17) is 0 Å².